The summed E-state index contributed by atoms with van der Waals surface area (Å²) in [6.45, 7) is -0.316. The number of fused-ring (bicyclic) bond motifs is 2. The Kier molecular flexibility index (Phi) is 5.27. The highest BCUT2D eigenvalue weighted by molar-refractivity contribution is 7.10. The van der Waals surface area contributed by atoms with Crippen LogP contribution in [0.1, 0.15) is 40.5 Å². The number of urea groups is 1. The number of nitrogens with one attached hydrogen (secondary N) is 2. The molecule has 2 aliphatic rings. The third-order valence-corrected chi connectivity index (χ3v) is 7.16. The lowest BCUT2D eigenvalue weighted by Gasteiger charge is -2.33. The zero-order chi connectivity index (χ0) is 22.1. The third-order valence-electron chi connectivity index (χ3n) is 6.22. The summed E-state index contributed by atoms with van der Waals surface area (Å²) in [6.07, 6.45) is 2.22. The van der Waals surface area contributed by atoms with Crippen molar-refractivity contribution < 1.29 is 14.4 Å². The molecule has 0 saturated carbocycles. The molecule has 7 heteroatoms. The maximum atomic E-state index is 13.4. The fourth-order valence-corrected chi connectivity index (χ4v) is 5.53. The van der Waals surface area contributed by atoms with Crippen LogP contribution in [0.3, 0.4) is 0 Å². The summed E-state index contributed by atoms with van der Waals surface area (Å²) in [4.78, 5) is 41.3. The lowest BCUT2D eigenvalue weighted by molar-refractivity contribution is -0.135. The lowest BCUT2D eigenvalue weighted by Crippen LogP contribution is -2.47. The van der Waals surface area contributed by atoms with E-state index in [4.69, 9.17) is 0 Å². The fraction of sp³-hybridized carbons (Fsp3) is 0.240. The second-order valence-electron chi connectivity index (χ2n) is 8.16. The van der Waals surface area contributed by atoms with E-state index in [9.17, 15) is 14.4 Å². The van der Waals surface area contributed by atoms with Gasteiger partial charge in [-0.25, -0.2) is 4.79 Å². The molecule has 1 saturated heterocycles. The van der Waals surface area contributed by atoms with E-state index in [0.717, 1.165) is 39.3 Å². The van der Waals surface area contributed by atoms with Gasteiger partial charge in [0.2, 0.25) is 5.91 Å². The number of thiophene rings is 1. The van der Waals surface area contributed by atoms with Crippen LogP contribution in [0.15, 0.2) is 72.1 Å². The number of nitrogens with zero attached hydrogens (tertiary/aromatic N) is 1. The predicted molar refractivity (Wildman–Crippen MR) is 122 cm³/mol. The van der Waals surface area contributed by atoms with Gasteiger partial charge in [0.1, 0.15) is 12.1 Å². The van der Waals surface area contributed by atoms with Gasteiger partial charge in [0.15, 0.2) is 0 Å². The van der Waals surface area contributed by atoms with Crippen molar-refractivity contribution in [3.63, 3.8) is 0 Å². The quantitative estimate of drug-likeness (QED) is 0.588. The molecule has 1 aliphatic carbocycles. The lowest BCUT2D eigenvalue weighted by atomic mass is 9.76. The Morgan fingerprint density at radius 1 is 1.06 bits per heavy atom. The Morgan fingerprint density at radius 3 is 2.62 bits per heavy atom. The third kappa shape index (κ3) is 3.48. The summed E-state index contributed by atoms with van der Waals surface area (Å²) >= 11 is 1.55. The molecule has 2 heterocycles. The summed E-state index contributed by atoms with van der Waals surface area (Å²) < 4.78 is 0. The average molecular weight is 446 g/mol. The van der Waals surface area contributed by atoms with Crippen LogP contribution >= 0.6 is 11.3 Å². The van der Waals surface area contributed by atoms with Crippen LogP contribution in [-0.2, 0) is 21.5 Å². The van der Waals surface area contributed by atoms with Gasteiger partial charge in [-0.05, 0) is 47.4 Å². The Labute approximate surface area is 190 Å². The van der Waals surface area contributed by atoms with E-state index < -0.39 is 11.6 Å². The van der Waals surface area contributed by atoms with Crippen molar-refractivity contribution in [2.75, 3.05) is 6.54 Å². The predicted octanol–water partition coefficient (Wildman–Crippen LogP) is 3.74. The Morgan fingerprint density at radius 2 is 1.84 bits per heavy atom. The number of aryl methyl sites for hydroxylation is 1. The molecule has 3 aromatic rings. The number of carbonyl (C=O) groups excluding carboxylic acids is 3. The average Bonchev–Trinajstić information content (AvgIpc) is 3.42. The van der Waals surface area contributed by atoms with E-state index in [0.29, 0.717) is 6.42 Å². The normalized spacial score (nSPS) is 20.7. The van der Waals surface area contributed by atoms with Crippen LogP contribution in [0, 0.1) is 0 Å². The highest BCUT2D eigenvalue weighted by atomic mass is 32.1. The van der Waals surface area contributed by atoms with E-state index in [-0.39, 0.29) is 24.4 Å². The highest BCUT2D eigenvalue weighted by Crippen LogP contribution is 2.39. The monoisotopic (exact) mass is 445 g/mol. The summed E-state index contributed by atoms with van der Waals surface area (Å²) in [6, 6.07) is 20.4. The molecule has 1 aromatic heterocycles. The van der Waals surface area contributed by atoms with Crippen LogP contribution in [0.5, 0.6) is 0 Å². The number of amides is 4. The van der Waals surface area contributed by atoms with E-state index in [2.05, 4.69) is 10.6 Å². The zero-order valence-corrected chi connectivity index (χ0v) is 18.2. The van der Waals surface area contributed by atoms with Gasteiger partial charge in [-0.1, -0.05) is 60.7 Å². The minimum atomic E-state index is -1.07. The molecule has 0 radical (unpaired) electrons. The molecular formula is C25H23N3O3S. The van der Waals surface area contributed by atoms with Crippen molar-refractivity contribution in [1.29, 1.82) is 0 Å². The molecular weight excluding hydrogens is 422 g/mol. The smallest absolute Gasteiger partial charge is 0.325 e. The topological polar surface area (TPSA) is 78.5 Å². The molecule has 2 atom stereocenters. The standard InChI is InChI=1S/C25H23N3O3S/c29-21(26-22(20-13-7-15-32-20)18-9-2-1-3-10-18)16-28-23(30)25(27-24(28)31)14-6-11-17-8-4-5-12-19(17)25/h1-5,7-10,12-13,15,22H,6,11,14,16H2,(H,26,29)(H,27,31)/t22-,25+/m0/s1. The molecule has 6 nitrogen and oxygen atoms in total. The number of carbonyl (C=O) groups is 3. The minimum Gasteiger partial charge on any atom is -0.343 e. The van der Waals surface area contributed by atoms with Gasteiger partial charge < -0.3 is 10.6 Å². The van der Waals surface area contributed by atoms with Crippen LogP contribution in [0.4, 0.5) is 4.79 Å². The van der Waals surface area contributed by atoms with Crippen molar-refractivity contribution in [3.8, 4) is 0 Å². The van der Waals surface area contributed by atoms with Gasteiger partial charge >= 0.3 is 6.03 Å². The molecule has 1 aliphatic heterocycles. The Bertz CT molecular complexity index is 1160. The first-order valence-corrected chi connectivity index (χ1v) is 11.6. The van der Waals surface area contributed by atoms with Crippen molar-refractivity contribution in [3.05, 3.63) is 93.7 Å². The number of hydrogen-bond donors (Lipinski definition) is 2. The second-order valence-corrected chi connectivity index (χ2v) is 9.14. The Balaban J connectivity index is 1.37. The van der Waals surface area contributed by atoms with Gasteiger partial charge in [-0.3, -0.25) is 14.5 Å². The van der Waals surface area contributed by atoms with Crippen molar-refractivity contribution in [1.82, 2.24) is 15.5 Å². The van der Waals surface area contributed by atoms with Gasteiger partial charge in [0, 0.05) is 4.88 Å². The summed E-state index contributed by atoms with van der Waals surface area (Å²) in [7, 11) is 0. The Hall–Kier alpha value is -3.45. The molecule has 2 N–H and O–H groups in total. The molecule has 0 unspecified atom stereocenters. The fourth-order valence-electron chi connectivity index (χ4n) is 4.72. The molecule has 5 rings (SSSR count). The minimum absolute atomic E-state index is 0.316. The first-order valence-electron chi connectivity index (χ1n) is 10.7. The van der Waals surface area contributed by atoms with Gasteiger partial charge in [0.25, 0.3) is 5.91 Å². The second kappa shape index (κ2) is 8.24. The molecule has 1 spiro atoms. The SMILES string of the molecule is O=C(CN1C(=O)N[C@@]2(CCCc3ccccc32)C1=O)N[C@@H](c1ccccc1)c1cccs1. The first-order chi connectivity index (χ1) is 15.6. The van der Waals surface area contributed by atoms with Crippen molar-refractivity contribution in [2.45, 2.75) is 30.8 Å². The number of imide groups is 1. The number of rotatable bonds is 5. The number of benzene rings is 2. The highest BCUT2D eigenvalue weighted by Gasteiger charge is 2.54. The molecule has 0 bridgehead atoms. The van der Waals surface area contributed by atoms with E-state index in [1.54, 1.807) is 11.3 Å². The van der Waals surface area contributed by atoms with E-state index in [1.165, 1.54) is 0 Å². The molecule has 162 valence electrons. The van der Waals surface area contributed by atoms with Gasteiger partial charge in [-0.2, -0.15) is 0 Å². The van der Waals surface area contributed by atoms with Crippen LogP contribution in [0.2, 0.25) is 0 Å². The van der Waals surface area contributed by atoms with Crippen molar-refractivity contribution >= 4 is 29.2 Å². The maximum absolute atomic E-state index is 13.4. The molecule has 4 amide bonds. The maximum Gasteiger partial charge on any atom is 0.325 e. The molecule has 1 fully saturated rings. The summed E-state index contributed by atoms with van der Waals surface area (Å²) in [5.41, 5.74) is 1.78. The molecule has 2 aromatic carbocycles. The summed E-state index contributed by atoms with van der Waals surface area (Å²) in [5.74, 6) is -0.728. The van der Waals surface area contributed by atoms with Gasteiger partial charge in [-0.15, -0.1) is 11.3 Å². The summed E-state index contributed by atoms with van der Waals surface area (Å²) in [5, 5.41) is 7.87. The zero-order valence-electron chi connectivity index (χ0n) is 17.4. The van der Waals surface area contributed by atoms with Crippen LogP contribution in [0.25, 0.3) is 0 Å². The van der Waals surface area contributed by atoms with E-state index >= 15 is 0 Å². The number of hydrogen-bond acceptors (Lipinski definition) is 4. The van der Waals surface area contributed by atoms with Crippen molar-refractivity contribution in [2.24, 2.45) is 0 Å². The van der Waals surface area contributed by atoms with Crippen LogP contribution < -0.4 is 10.6 Å². The molecule has 32 heavy (non-hydrogen) atoms. The van der Waals surface area contributed by atoms with Gasteiger partial charge in [0.05, 0.1) is 6.04 Å². The largest absolute Gasteiger partial charge is 0.343 e. The van der Waals surface area contributed by atoms with E-state index in [1.807, 2.05) is 72.1 Å². The van der Waals surface area contributed by atoms with Crippen LogP contribution in [-0.4, -0.2) is 29.3 Å². The first kappa shape index (κ1) is 20.5.